The predicted molar refractivity (Wildman–Crippen MR) is 99.7 cm³/mol. The summed E-state index contributed by atoms with van der Waals surface area (Å²) in [6.45, 7) is 3.73. The van der Waals surface area contributed by atoms with Crippen LogP contribution >= 0.6 is 0 Å². The van der Waals surface area contributed by atoms with Crippen molar-refractivity contribution in [3.05, 3.63) is 23.3 Å². The Morgan fingerprint density at radius 1 is 1.30 bits per heavy atom. The molecule has 0 heterocycles. The molecule has 4 aliphatic carbocycles. The molecule has 3 saturated carbocycles. The van der Waals surface area contributed by atoms with Gasteiger partial charge in [-0.25, -0.2) is 0 Å². The van der Waals surface area contributed by atoms with Crippen LogP contribution in [0.4, 0.5) is 8.78 Å². The van der Waals surface area contributed by atoms with Crippen LogP contribution in [0.15, 0.2) is 23.3 Å². The Balaban J connectivity index is 1.82. The van der Waals surface area contributed by atoms with Crippen LogP contribution in [0.3, 0.4) is 0 Å². The van der Waals surface area contributed by atoms with Crippen molar-refractivity contribution in [1.29, 1.82) is 0 Å². The maximum atomic E-state index is 14.2. The van der Waals surface area contributed by atoms with E-state index in [0.29, 0.717) is 25.7 Å². The monoisotopic (exact) mass is 374 g/mol. The first kappa shape index (κ1) is 18.9. The Kier molecular flexibility index (Phi) is 4.58. The molecule has 4 heteroatoms. The minimum Gasteiger partial charge on any atom is -0.377 e. The van der Waals surface area contributed by atoms with Crippen LogP contribution in [0.1, 0.15) is 65.2 Å². The third-order valence-electron chi connectivity index (χ3n) is 8.17. The Bertz CT molecular complexity index is 782. The van der Waals surface area contributed by atoms with Crippen molar-refractivity contribution in [2.75, 3.05) is 0 Å². The Hall–Kier alpha value is -1.47. The summed E-state index contributed by atoms with van der Waals surface area (Å²) in [7, 11) is 0. The first-order valence-electron chi connectivity index (χ1n) is 10.3. The summed E-state index contributed by atoms with van der Waals surface area (Å²) in [6.07, 6.45) is 5.29. The molecule has 0 unspecified atom stereocenters. The summed E-state index contributed by atoms with van der Waals surface area (Å²) in [5, 5.41) is 11.4. The van der Waals surface area contributed by atoms with Gasteiger partial charge < -0.3 is 5.11 Å². The molecule has 6 atom stereocenters. The number of hydrogen-bond acceptors (Lipinski definition) is 2. The zero-order valence-electron chi connectivity index (χ0n) is 16.2. The lowest BCUT2D eigenvalue weighted by atomic mass is 9.48. The molecule has 0 bridgehead atoms. The fraction of sp³-hybridized carbons (Fsp3) is 0.696. The molecule has 3 fully saturated rings. The second-order valence-electron chi connectivity index (χ2n) is 8.91. The van der Waals surface area contributed by atoms with Gasteiger partial charge in [-0.2, -0.15) is 8.78 Å². The smallest absolute Gasteiger partial charge is 0.269 e. The SMILES string of the molecule is CC#C[C@]1(O)CC[C@H]2[C@@H]3CCC4=CC(=O)CC[C@@H]4[C@H]3C(=C(F)F)C[C@@]21CC. The van der Waals surface area contributed by atoms with Crippen molar-refractivity contribution in [3.63, 3.8) is 0 Å². The van der Waals surface area contributed by atoms with Gasteiger partial charge in [-0.3, -0.25) is 4.79 Å². The van der Waals surface area contributed by atoms with E-state index < -0.39 is 17.1 Å². The molecule has 0 saturated heterocycles. The molecule has 146 valence electrons. The fourth-order valence-corrected chi connectivity index (χ4v) is 7.12. The van der Waals surface area contributed by atoms with Crippen molar-refractivity contribution >= 4 is 5.78 Å². The number of fused-ring (bicyclic) bond motifs is 5. The number of aliphatic hydroxyl groups is 1. The molecular formula is C23H28F2O2. The van der Waals surface area contributed by atoms with Gasteiger partial charge in [-0.1, -0.05) is 18.4 Å². The summed E-state index contributed by atoms with van der Waals surface area (Å²) in [5.74, 6) is 6.27. The fourth-order valence-electron chi connectivity index (χ4n) is 7.12. The maximum absolute atomic E-state index is 14.2. The third kappa shape index (κ3) is 2.58. The van der Waals surface area contributed by atoms with Gasteiger partial charge >= 0.3 is 0 Å². The number of ketones is 1. The van der Waals surface area contributed by atoms with Crippen molar-refractivity contribution in [2.24, 2.45) is 29.1 Å². The van der Waals surface area contributed by atoms with Crippen molar-refractivity contribution in [3.8, 4) is 11.8 Å². The highest BCUT2D eigenvalue weighted by Crippen LogP contribution is 2.67. The molecular weight excluding hydrogens is 346 g/mol. The van der Waals surface area contributed by atoms with E-state index in [9.17, 15) is 18.7 Å². The van der Waals surface area contributed by atoms with E-state index in [0.717, 1.165) is 24.8 Å². The van der Waals surface area contributed by atoms with Gasteiger partial charge in [0.1, 0.15) is 5.60 Å². The number of hydrogen-bond donors (Lipinski definition) is 1. The Morgan fingerprint density at radius 3 is 2.74 bits per heavy atom. The molecule has 0 amide bonds. The summed E-state index contributed by atoms with van der Waals surface area (Å²) >= 11 is 0. The Labute approximate surface area is 160 Å². The molecule has 0 aromatic carbocycles. The number of carbonyl (C=O) groups is 1. The first-order valence-corrected chi connectivity index (χ1v) is 10.3. The van der Waals surface area contributed by atoms with E-state index in [1.54, 1.807) is 13.0 Å². The predicted octanol–water partition coefficient (Wildman–Crippen LogP) is 5.03. The standard InChI is InChI=1S/C23H28F2O2/c1-3-10-23(27)11-9-19-17-7-5-14-12-15(26)6-8-16(14)20(17)18(21(24)25)13-22(19,23)4-2/h12,16-17,19-20,27H,4-9,11,13H2,1-2H3/t16-,17-,19-,20+,22-,23-/m0/s1. The second kappa shape index (κ2) is 6.55. The van der Waals surface area contributed by atoms with Crippen LogP contribution in [0.5, 0.6) is 0 Å². The van der Waals surface area contributed by atoms with Crippen molar-refractivity contribution < 1.29 is 18.7 Å². The first-order chi connectivity index (χ1) is 12.9. The van der Waals surface area contributed by atoms with Crippen LogP contribution in [0.25, 0.3) is 0 Å². The van der Waals surface area contributed by atoms with Crippen LogP contribution in [0, 0.1) is 40.9 Å². The van der Waals surface area contributed by atoms with Crippen LogP contribution in [0.2, 0.25) is 0 Å². The van der Waals surface area contributed by atoms with Crippen molar-refractivity contribution in [1.82, 2.24) is 0 Å². The largest absolute Gasteiger partial charge is 0.377 e. The van der Waals surface area contributed by atoms with E-state index in [1.165, 1.54) is 0 Å². The van der Waals surface area contributed by atoms with E-state index in [4.69, 9.17) is 0 Å². The van der Waals surface area contributed by atoms with E-state index in [-0.39, 0.29) is 41.4 Å². The third-order valence-corrected chi connectivity index (χ3v) is 8.17. The average Bonchev–Trinajstić information content (AvgIpc) is 2.93. The minimum atomic E-state index is -1.58. The van der Waals surface area contributed by atoms with Crippen LogP contribution < -0.4 is 0 Å². The normalized spacial score (nSPS) is 43.1. The van der Waals surface area contributed by atoms with Gasteiger partial charge in [0.15, 0.2) is 5.78 Å². The van der Waals surface area contributed by atoms with E-state index >= 15 is 0 Å². The molecule has 0 aromatic rings. The minimum absolute atomic E-state index is 0.0683. The van der Waals surface area contributed by atoms with Gasteiger partial charge in [-0.15, -0.1) is 5.92 Å². The van der Waals surface area contributed by atoms with Gasteiger partial charge in [0.2, 0.25) is 0 Å². The number of allylic oxidation sites excluding steroid dienone is 2. The maximum Gasteiger partial charge on any atom is 0.269 e. The molecule has 0 aromatic heterocycles. The van der Waals surface area contributed by atoms with Crippen molar-refractivity contribution in [2.45, 2.75) is 70.8 Å². The average molecular weight is 374 g/mol. The van der Waals surface area contributed by atoms with Gasteiger partial charge in [0.05, 0.1) is 0 Å². The summed E-state index contributed by atoms with van der Waals surface area (Å²) in [4.78, 5) is 11.8. The van der Waals surface area contributed by atoms with Crippen LogP contribution in [-0.4, -0.2) is 16.5 Å². The highest BCUT2D eigenvalue weighted by Gasteiger charge is 2.65. The van der Waals surface area contributed by atoms with Gasteiger partial charge in [0, 0.05) is 11.8 Å². The van der Waals surface area contributed by atoms with Gasteiger partial charge in [0.25, 0.3) is 6.08 Å². The van der Waals surface area contributed by atoms with E-state index in [1.807, 2.05) is 6.92 Å². The second-order valence-corrected chi connectivity index (χ2v) is 8.91. The highest BCUT2D eigenvalue weighted by atomic mass is 19.3. The summed E-state index contributed by atoms with van der Waals surface area (Å²) < 4.78 is 28.4. The lowest BCUT2D eigenvalue weighted by Gasteiger charge is -2.56. The molecule has 2 nitrogen and oxygen atoms in total. The van der Waals surface area contributed by atoms with Crippen LogP contribution in [-0.2, 0) is 4.79 Å². The zero-order chi connectivity index (χ0) is 19.4. The number of halogens is 2. The topological polar surface area (TPSA) is 37.3 Å². The number of carbonyl (C=O) groups excluding carboxylic acids is 1. The summed E-state index contributed by atoms with van der Waals surface area (Å²) in [6, 6.07) is 0. The number of rotatable bonds is 1. The molecule has 27 heavy (non-hydrogen) atoms. The molecule has 0 radical (unpaired) electrons. The molecule has 1 N–H and O–H groups in total. The molecule has 4 aliphatic rings. The quantitative estimate of drug-likeness (QED) is 0.654. The van der Waals surface area contributed by atoms with E-state index in [2.05, 4.69) is 11.8 Å². The lowest BCUT2D eigenvalue weighted by Crippen LogP contribution is -2.54. The molecule has 0 spiro atoms. The molecule has 4 rings (SSSR count). The zero-order valence-corrected chi connectivity index (χ0v) is 16.2. The molecule has 0 aliphatic heterocycles. The Morgan fingerprint density at radius 2 is 2.07 bits per heavy atom. The summed E-state index contributed by atoms with van der Waals surface area (Å²) in [5.41, 5.74) is -0.439. The van der Waals surface area contributed by atoms with Gasteiger partial charge in [-0.05, 0) is 87.2 Å². The highest BCUT2D eigenvalue weighted by molar-refractivity contribution is 5.91. The lowest BCUT2D eigenvalue weighted by molar-refractivity contribution is -0.116.